The summed E-state index contributed by atoms with van der Waals surface area (Å²) < 4.78 is 47.6. The zero-order chi connectivity index (χ0) is 27.1. The van der Waals surface area contributed by atoms with Gasteiger partial charge in [-0.15, -0.1) is 0 Å². The summed E-state index contributed by atoms with van der Waals surface area (Å²) in [6, 6.07) is 11.1. The van der Waals surface area contributed by atoms with E-state index in [1.807, 2.05) is 19.1 Å². The number of alkyl halides is 3. The number of benzene rings is 2. The largest absolute Gasteiger partial charge is 0.418 e. The number of nitrogens with one attached hydrogen (secondary N) is 3. The van der Waals surface area contributed by atoms with Crippen molar-refractivity contribution in [1.29, 1.82) is 0 Å². The number of hydrogen-bond donors (Lipinski definition) is 3. The monoisotopic (exact) mass is 535 g/mol. The number of morpholine rings is 1. The number of anilines is 2. The van der Waals surface area contributed by atoms with Crippen LogP contribution in [0.4, 0.5) is 24.5 Å². The summed E-state index contributed by atoms with van der Waals surface area (Å²) in [6.07, 6.45) is -1.33. The fraction of sp³-hybridized carbons (Fsp3) is 0.259. The number of nitrogens with zero attached hydrogens (tertiary/aromatic N) is 4. The molecular weight excluding hydrogens is 511 g/mol. The second-order valence-electron chi connectivity index (χ2n) is 9.29. The van der Waals surface area contributed by atoms with Crippen molar-refractivity contribution in [2.75, 3.05) is 36.5 Å². The molecule has 3 aromatic heterocycles. The number of aromatic amines is 2. The molecule has 200 valence electrons. The van der Waals surface area contributed by atoms with Crippen molar-refractivity contribution in [3.05, 3.63) is 76.6 Å². The summed E-state index contributed by atoms with van der Waals surface area (Å²) >= 11 is 0. The molecular formula is C27H24F3N7O2. The number of para-hydroxylation sites is 1. The van der Waals surface area contributed by atoms with Crippen molar-refractivity contribution < 1.29 is 17.9 Å². The Kier molecular flexibility index (Phi) is 6.18. The highest BCUT2D eigenvalue weighted by Crippen LogP contribution is 2.40. The topological polar surface area (TPSA) is 112 Å². The molecule has 0 saturated carbocycles. The lowest BCUT2D eigenvalue weighted by atomic mass is 10.1. The van der Waals surface area contributed by atoms with Crippen molar-refractivity contribution in [3.63, 3.8) is 0 Å². The molecule has 9 nitrogen and oxygen atoms in total. The summed E-state index contributed by atoms with van der Waals surface area (Å²) in [5.41, 5.74) is 0.558. The van der Waals surface area contributed by atoms with Crippen LogP contribution in [0.2, 0.25) is 0 Å². The van der Waals surface area contributed by atoms with Crippen LogP contribution in [0.15, 0.2) is 59.7 Å². The van der Waals surface area contributed by atoms with Crippen LogP contribution in [0.25, 0.3) is 33.3 Å². The van der Waals surface area contributed by atoms with Crippen LogP contribution in [-0.4, -0.2) is 51.2 Å². The van der Waals surface area contributed by atoms with Crippen LogP contribution in [0, 0.1) is 0 Å². The summed E-state index contributed by atoms with van der Waals surface area (Å²) in [6.45, 7) is 3.22. The summed E-state index contributed by atoms with van der Waals surface area (Å²) in [5, 5.41) is 4.05. The molecule has 1 aliphatic rings. The molecule has 1 saturated heterocycles. The number of rotatable bonds is 5. The Hall–Kier alpha value is -4.45. The molecule has 5 aromatic rings. The Morgan fingerprint density at radius 1 is 1.03 bits per heavy atom. The van der Waals surface area contributed by atoms with Gasteiger partial charge in [0.2, 0.25) is 0 Å². The van der Waals surface area contributed by atoms with Gasteiger partial charge in [-0.25, -0.2) is 15.0 Å². The van der Waals surface area contributed by atoms with Crippen LogP contribution in [0.5, 0.6) is 0 Å². The zero-order valence-corrected chi connectivity index (χ0v) is 20.8. The minimum absolute atomic E-state index is 0.0501. The van der Waals surface area contributed by atoms with Crippen LogP contribution >= 0.6 is 0 Å². The molecule has 39 heavy (non-hydrogen) atoms. The molecule has 0 amide bonds. The summed E-state index contributed by atoms with van der Waals surface area (Å²) in [7, 11) is 0. The lowest BCUT2D eigenvalue weighted by Crippen LogP contribution is -2.37. The van der Waals surface area contributed by atoms with Crippen molar-refractivity contribution in [1.82, 2.24) is 24.9 Å². The van der Waals surface area contributed by atoms with E-state index < -0.39 is 17.3 Å². The Morgan fingerprint density at radius 3 is 2.51 bits per heavy atom. The lowest BCUT2D eigenvalue weighted by Gasteiger charge is -2.31. The maximum atomic E-state index is 14.1. The van der Waals surface area contributed by atoms with Crippen LogP contribution < -0.4 is 15.8 Å². The normalized spacial score (nSPS) is 15.1. The molecule has 1 fully saturated rings. The molecule has 6 rings (SSSR count). The Balaban J connectivity index is 1.53. The first-order valence-corrected chi connectivity index (χ1v) is 12.4. The van der Waals surface area contributed by atoms with Gasteiger partial charge in [-0.2, -0.15) is 13.2 Å². The van der Waals surface area contributed by atoms with Gasteiger partial charge in [0.15, 0.2) is 0 Å². The number of imidazole rings is 1. The van der Waals surface area contributed by atoms with Crippen molar-refractivity contribution in [2.45, 2.75) is 19.1 Å². The maximum Gasteiger partial charge on any atom is 0.418 e. The fourth-order valence-corrected chi connectivity index (χ4v) is 4.89. The standard InChI is InChI=1S/C27H24F3N7O2/c1-15(24-31-7-4-8-32-24)33-23-16-5-2-3-6-18(16)36-26(38)22(23)25-34-19-13-17(27(28,29)30)21(14-20(19)35-25)37-9-11-39-12-10-37/h2-8,13-15H,9-12H2,1H3,(H,34,35)(H2,33,36,38)/t15-/m1/s1. The SMILES string of the molecule is C[C@@H](Nc1c(-c2nc3cc(C(F)(F)F)c(N4CCOCC4)cc3[nH]2)c(=O)[nH]c2ccccc12)c1ncccn1. The van der Waals surface area contributed by atoms with Crippen molar-refractivity contribution >= 4 is 33.3 Å². The van der Waals surface area contributed by atoms with Crippen LogP contribution in [0.3, 0.4) is 0 Å². The molecule has 1 aliphatic heterocycles. The van der Waals surface area contributed by atoms with Gasteiger partial charge in [-0.1, -0.05) is 18.2 Å². The van der Waals surface area contributed by atoms with E-state index in [0.29, 0.717) is 54.2 Å². The first-order chi connectivity index (χ1) is 18.8. The first-order valence-electron chi connectivity index (χ1n) is 12.4. The molecule has 0 spiro atoms. The van der Waals surface area contributed by atoms with E-state index >= 15 is 0 Å². The zero-order valence-electron chi connectivity index (χ0n) is 20.8. The summed E-state index contributed by atoms with van der Waals surface area (Å²) in [5.74, 6) is 0.662. The lowest BCUT2D eigenvalue weighted by molar-refractivity contribution is -0.137. The minimum atomic E-state index is -4.58. The van der Waals surface area contributed by atoms with Gasteiger partial charge in [0.05, 0.1) is 52.7 Å². The number of fused-ring (bicyclic) bond motifs is 2. The molecule has 0 aliphatic carbocycles. The molecule has 1 atom stereocenters. The second kappa shape index (κ2) is 9.70. The van der Waals surface area contributed by atoms with Gasteiger partial charge >= 0.3 is 6.18 Å². The minimum Gasteiger partial charge on any atom is -0.378 e. The van der Waals surface area contributed by atoms with Crippen LogP contribution in [-0.2, 0) is 10.9 Å². The van der Waals surface area contributed by atoms with Gasteiger partial charge in [0, 0.05) is 30.9 Å². The number of H-pyrrole nitrogens is 2. The highest BCUT2D eigenvalue weighted by molar-refractivity contribution is 5.99. The van der Waals surface area contributed by atoms with Gasteiger partial charge < -0.3 is 24.9 Å². The van der Waals surface area contributed by atoms with Gasteiger partial charge in [-0.3, -0.25) is 4.79 Å². The third-order valence-corrected chi connectivity index (χ3v) is 6.75. The van der Waals surface area contributed by atoms with Gasteiger partial charge in [-0.05, 0) is 31.2 Å². The third-order valence-electron chi connectivity index (χ3n) is 6.75. The number of pyridine rings is 1. The van der Waals surface area contributed by atoms with Gasteiger partial charge in [0.1, 0.15) is 17.2 Å². The number of halogens is 3. The van der Waals surface area contributed by atoms with Crippen LogP contribution in [0.1, 0.15) is 24.4 Å². The average Bonchev–Trinajstić information content (AvgIpc) is 3.35. The Morgan fingerprint density at radius 2 is 1.77 bits per heavy atom. The van der Waals surface area contributed by atoms with E-state index in [0.717, 1.165) is 6.07 Å². The molecule has 4 heterocycles. The van der Waals surface area contributed by atoms with E-state index in [1.54, 1.807) is 35.5 Å². The Labute approximate surface area is 220 Å². The highest BCUT2D eigenvalue weighted by atomic mass is 19.4. The fourth-order valence-electron chi connectivity index (χ4n) is 4.89. The van der Waals surface area contributed by atoms with E-state index in [1.165, 1.54) is 6.07 Å². The quantitative estimate of drug-likeness (QED) is 0.294. The second-order valence-corrected chi connectivity index (χ2v) is 9.29. The predicted octanol–water partition coefficient (Wildman–Crippen LogP) is 4.89. The first kappa shape index (κ1) is 24.9. The smallest absolute Gasteiger partial charge is 0.378 e. The van der Waals surface area contributed by atoms with E-state index in [2.05, 4.69) is 30.2 Å². The molecule has 0 unspecified atom stereocenters. The molecule has 0 radical (unpaired) electrons. The van der Waals surface area contributed by atoms with E-state index in [9.17, 15) is 18.0 Å². The summed E-state index contributed by atoms with van der Waals surface area (Å²) in [4.78, 5) is 34.1. The Bertz CT molecular complexity index is 1710. The molecule has 3 N–H and O–H groups in total. The van der Waals surface area contributed by atoms with E-state index in [4.69, 9.17) is 4.74 Å². The van der Waals surface area contributed by atoms with Gasteiger partial charge in [0.25, 0.3) is 5.56 Å². The third kappa shape index (κ3) is 4.67. The predicted molar refractivity (Wildman–Crippen MR) is 142 cm³/mol. The number of aromatic nitrogens is 5. The highest BCUT2D eigenvalue weighted by Gasteiger charge is 2.36. The van der Waals surface area contributed by atoms with E-state index in [-0.39, 0.29) is 28.6 Å². The molecule has 0 bridgehead atoms. The number of ether oxygens (including phenoxy) is 1. The maximum absolute atomic E-state index is 14.1. The molecule has 12 heteroatoms. The number of hydrogen-bond acceptors (Lipinski definition) is 7. The average molecular weight is 536 g/mol. The molecule has 2 aromatic carbocycles. The van der Waals surface area contributed by atoms with Crippen molar-refractivity contribution in [3.8, 4) is 11.4 Å². The van der Waals surface area contributed by atoms with Crippen molar-refractivity contribution in [2.24, 2.45) is 0 Å².